The second-order valence-electron chi connectivity index (χ2n) is 14.3. The van der Waals surface area contributed by atoms with Crippen LogP contribution in [-0.2, 0) is 0 Å². The van der Waals surface area contributed by atoms with Gasteiger partial charge in [0, 0.05) is 21.5 Å². The standard InChI is InChI=1S/C52H30O2/c1-2-14-33-31(12-1)13-11-22-37(33)49-38-17-5-7-19-40(38)50(41-20-8-6-18-39(41)49)42-27-26-34(35-15-3-4-16-36(35)42)32-24-25-44-48(30-32)54-47-29-28-46-51(52(44)47)43-21-9-10-23-45(43)53-46/h1-30H. The van der Waals surface area contributed by atoms with Crippen molar-refractivity contribution in [2.24, 2.45) is 0 Å². The topological polar surface area (TPSA) is 26.3 Å². The van der Waals surface area contributed by atoms with Gasteiger partial charge in [0.15, 0.2) is 0 Å². The van der Waals surface area contributed by atoms with Crippen LogP contribution in [0.4, 0.5) is 0 Å². The second-order valence-corrected chi connectivity index (χ2v) is 14.3. The Morgan fingerprint density at radius 3 is 1.39 bits per heavy atom. The molecule has 0 atom stereocenters. The Morgan fingerprint density at radius 2 is 0.722 bits per heavy atom. The van der Waals surface area contributed by atoms with Crippen molar-refractivity contribution < 1.29 is 8.83 Å². The van der Waals surface area contributed by atoms with Gasteiger partial charge in [0.05, 0.1) is 0 Å². The van der Waals surface area contributed by atoms with Gasteiger partial charge in [-0.2, -0.15) is 0 Å². The van der Waals surface area contributed by atoms with Crippen molar-refractivity contribution in [1.29, 1.82) is 0 Å². The van der Waals surface area contributed by atoms with E-state index in [0.717, 1.165) is 49.4 Å². The molecule has 0 aliphatic carbocycles. The lowest BCUT2D eigenvalue weighted by Gasteiger charge is -2.20. The number of hydrogen-bond donors (Lipinski definition) is 0. The SMILES string of the molecule is c1ccc2c(-c3c4ccccc4c(-c4ccc(-c5ccc6c(c5)oc5ccc7oc8ccccc8c7c56)c5ccccc45)c4ccccc34)cccc2c1. The summed E-state index contributed by atoms with van der Waals surface area (Å²) in [6, 6.07) is 65.7. The van der Waals surface area contributed by atoms with Gasteiger partial charge in [-0.05, 0) is 107 Å². The van der Waals surface area contributed by atoms with E-state index < -0.39 is 0 Å². The number of para-hydroxylation sites is 1. The Bertz CT molecular complexity index is 3440. The fourth-order valence-corrected chi connectivity index (χ4v) is 9.17. The fraction of sp³-hybridized carbons (Fsp3) is 0. The lowest BCUT2D eigenvalue weighted by Crippen LogP contribution is -1.93. The normalized spacial score (nSPS) is 12.1. The molecule has 0 N–H and O–H groups in total. The maximum absolute atomic E-state index is 6.58. The third kappa shape index (κ3) is 4.11. The van der Waals surface area contributed by atoms with E-state index in [9.17, 15) is 0 Å². The molecule has 2 nitrogen and oxygen atoms in total. The molecule has 2 aromatic heterocycles. The summed E-state index contributed by atoms with van der Waals surface area (Å²) in [6.45, 7) is 0. The Kier molecular flexibility index (Phi) is 6.09. The van der Waals surface area contributed by atoms with Crippen LogP contribution in [0.5, 0.6) is 0 Å². The van der Waals surface area contributed by atoms with E-state index in [-0.39, 0.29) is 0 Å². The van der Waals surface area contributed by atoms with Crippen LogP contribution in [0.2, 0.25) is 0 Å². The summed E-state index contributed by atoms with van der Waals surface area (Å²) in [5.74, 6) is 0. The number of benzene rings is 10. The van der Waals surface area contributed by atoms with E-state index in [0.29, 0.717) is 0 Å². The highest BCUT2D eigenvalue weighted by atomic mass is 16.3. The first-order valence-electron chi connectivity index (χ1n) is 18.5. The lowest BCUT2D eigenvalue weighted by atomic mass is 9.83. The zero-order valence-electron chi connectivity index (χ0n) is 29.1. The van der Waals surface area contributed by atoms with Gasteiger partial charge in [0.25, 0.3) is 0 Å². The van der Waals surface area contributed by atoms with E-state index in [1.54, 1.807) is 0 Å². The van der Waals surface area contributed by atoms with Crippen molar-refractivity contribution in [1.82, 2.24) is 0 Å². The van der Waals surface area contributed by atoms with Crippen LogP contribution in [-0.4, -0.2) is 0 Å². The molecule has 2 heteroatoms. The van der Waals surface area contributed by atoms with Crippen molar-refractivity contribution in [3.8, 4) is 33.4 Å². The van der Waals surface area contributed by atoms with E-state index in [2.05, 4.69) is 158 Å². The third-order valence-electron chi connectivity index (χ3n) is 11.5. The Labute approximate surface area is 310 Å². The van der Waals surface area contributed by atoms with Crippen LogP contribution >= 0.6 is 0 Å². The highest BCUT2D eigenvalue weighted by Gasteiger charge is 2.21. The van der Waals surface area contributed by atoms with E-state index in [1.807, 2.05) is 24.3 Å². The molecule has 54 heavy (non-hydrogen) atoms. The van der Waals surface area contributed by atoms with Crippen molar-refractivity contribution in [2.45, 2.75) is 0 Å². The molecule has 0 spiro atoms. The Hall–Kier alpha value is -7.16. The smallest absolute Gasteiger partial charge is 0.136 e. The molecule has 12 rings (SSSR count). The quantitative estimate of drug-likeness (QED) is 0.173. The minimum atomic E-state index is 0.868. The Balaban J connectivity index is 1.09. The van der Waals surface area contributed by atoms with Gasteiger partial charge in [-0.1, -0.05) is 152 Å². The van der Waals surface area contributed by atoms with Gasteiger partial charge in [-0.25, -0.2) is 0 Å². The predicted octanol–water partition coefficient (Wildman–Crippen LogP) is 15.1. The second kappa shape index (κ2) is 11.2. The number of hydrogen-bond acceptors (Lipinski definition) is 2. The first-order chi connectivity index (χ1) is 26.8. The molecule has 0 saturated heterocycles. The van der Waals surface area contributed by atoms with Crippen molar-refractivity contribution in [3.05, 3.63) is 182 Å². The van der Waals surface area contributed by atoms with Crippen LogP contribution in [0, 0.1) is 0 Å². The lowest BCUT2D eigenvalue weighted by molar-refractivity contribution is 0.663. The van der Waals surface area contributed by atoms with Crippen LogP contribution in [0.25, 0.3) is 120 Å². The van der Waals surface area contributed by atoms with Crippen molar-refractivity contribution in [3.63, 3.8) is 0 Å². The molecule has 0 unspecified atom stereocenters. The fourth-order valence-electron chi connectivity index (χ4n) is 9.17. The van der Waals surface area contributed by atoms with E-state index >= 15 is 0 Å². The molecule has 2 heterocycles. The molecule has 0 amide bonds. The molecule has 0 aliphatic heterocycles. The molecule has 0 radical (unpaired) electrons. The number of rotatable bonds is 3. The van der Waals surface area contributed by atoms with Crippen LogP contribution in [0.3, 0.4) is 0 Å². The highest BCUT2D eigenvalue weighted by molar-refractivity contribution is 6.27. The first kappa shape index (κ1) is 29.4. The van der Waals surface area contributed by atoms with Gasteiger partial charge in [0.1, 0.15) is 22.3 Å². The summed E-state index contributed by atoms with van der Waals surface area (Å²) >= 11 is 0. The molecule has 10 aromatic carbocycles. The molecule has 0 bridgehead atoms. The summed E-state index contributed by atoms with van der Waals surface area (Å²) < 4.78 is 12.8. The molecule has 0 saturated carbocycles. The largest absolute Gasteiger partial charge is 0.456 e. The highest BCUT2D eigenvalue weighted by Crippen LogP contribution is 2.48. The zero-order valence-corrected chi connectivity index (χ0v) is 29.1. The van der Waals surface area contributed by atoms with Gasteiger partial charge >= 0.3 is 0 Å². The minimum absolute atomic E-state index is 0.868. The first-order valence-corrected chi connectivity index (χ1v) is 18.5. The molecular formula is C52H30O2. The third-order valence-corrected chi connectivity index (χ3v) is 11.5. The van der Waals surface area contributed by atoms with Crippen molar-refractivity contribution >= 4 is 87.0 Å². The summed E-state index contributed by atoms with van der Waals surface area (Å²) in [5.41, 5.74) is 10.8. The molecule has 0 aliphatic rings. The molecular weight excluding hydrogens is 657 g/mol. The average Bonchev–Trinajstić information content (AvgIpc) is 3.80. The number of fused-ring (bicyclic) bond motifs is 11. The monoisotopic (exact) mass is 686 g/mol. The maximum atomic E-state index is 6.58. The van der Waals surface area contributed by atoms with Crippen LogP contribution < -0.4 is 0 Å². The molecule has 0 fully saturated rings. The van der Waals surface area contributed by atoms with Crippen molar-refractivity contribution in [2.75, 3.05) is 0 Å². The summed E-state index contributed by atoms with van der Waals surface area (Å²) in [6.07, 6.45) is 0. The van der Waals surface area contributed by atoms with Gasteiger partial charge in [-0.3, -0.25) is 0 Å². The Morgan fingerprint density at radius 1 is 0.259 bits per heavy atom. The predicted molar refractivity (Wildman–Crippen MR) is 227 cm³/mol. The zero-order chi connectivity index (χ0) is 35.3. The number of furan rings is 2. The minimum Gasteiger partial charge on any atom is -0.456 e. The van der Waals surface area contributed by atoms with Gasteiger partial charge in [0.2, 0.25) is 0 Å². The van der Waals surface area contributed by atoms with E-state index in [4.69, 9.17) is 8.83 Å². The molecule has 250 valence electrons. The molecule has 12 aromatic rings. The van der Waals surface area contributed by atoms with E-state index in [1.165, 1.54) is 70.9 Å². The summed E-state index contributed by atoms with van der Waals surface area (Å²) in [7, 11) is 0. The maximum Gasteiger partial charge on any atom is 0.136 e. The average molecular weight is 687 g/mol. The summed E-state index contributed by atoms with van der Waals surface area (Å²) in [5, 5.41) is 14.4. The summed E-state index contributed by atoms with van der Waals surface area (Å²) in [4.78, 5) is 0. The van der Waals surface area contributed by atoms with Gasteiger partial charge < -0.3 is 8.83 Å². The van der Waals surface area contributed by atoms with Gasteiger partial charge in [-0.15, -0.1) is 0 Å². The van der Waals surface area contributed by atoms with Crippen LogP contribution in [0.1, 0.15) is 0 Å². The van der Waals surface area contributed by atoms with Crippen LogP contribution in [0.15, 0.2) is 191 Å².